The number of nitrogens with zero attached hydrogens (tertiary/aromatic N) is 4. The van der Waals surface area contributed by atoms with Gasteiger partial charge in [0, 0.05) is 24.8 Å². The molecule has 2 amide bonds. The minimum atomic E-state index is -0.281. The smallest absolute Gasteiger partial charge is 0.259 e. The van der Waals surface area contributed by atoms with Crippen molar-refractivity contribution in [2.75, 3.05) is 22.1 Å². The van der Waals surface area contributed by atoms with Crippen LogP contribution in [0, 0.1) is 0 Å². The summed E-state index contributed by atoms with van der Waals surface area (Å²) in [6, 6.07) is 11.4. The molecular weight excluding hydrogens is 388 g/mol. The Bertz CT molecular complexity index is 1010. The number of carbonyl (C=O) groups excluding carboxylic acids is 2. The molecule has 0 aliphatic carbocycles. The lowest BCUT2D eigenvalue weighted by Gasteiger charge is -2.20. The molecule has 0 radical (unpaired) electrons. The SMILES string of the molecule is CC(Nc1ccc(C(=O)Nc2nncs2)cn1)c1cccc(N2CCCC2=O)c1. The second kappa shape index (κ2) is 8.36. The number of anilines is 3. The third kappa shape index (κ3) is 4.40. The van der Waals surface area contributed by atoms with E-state index in [2.05, 4.69) is 25.8 Å². The Labute approximate surface area is 172 Å². The lowest BCUT2D eigenvalue weighted by Crippen LogP contribution is -2.23. The number of benzene rings is 1. The number of aromatic nitrogens is 3. The first-order valence-electron chi connectivity index (χ1n) is 9.30. The molecule has 1 unspecified atom stereocenters. The van der Waals surface area contributed by atoms with Crippen LogP contribution in [0.2, 0.25) is 0 Å². The van der Waals surface area contributed by atoms with Crippen molar-refractivity contribution in [3.63, 3.8) is 0 Å². The first-order chi connectivity index (χ1) is 14.1. The van der Waals surface area contributed by atoms with Crippen molar-refractivity contribution in [1.29, 1.82) is 0 Å². The average Bonchev–Trinajstić information content (AvgIpc) is 3.40. The number of hydrogen-bond donors (Lipinski definition) is 2. The van der Waals surface area contributed by atoms with Crippen LogP contribution in [-0.4, -0.2) is 33.5 Å². The molecule has 1 saturated heterocycles. The summed E-state index contributed by atoms with van der Waals surface area (Å²) in [6.45, 7) is 2.80. The van der Waals surface area contributed by atoms with E-state index >= 15 is 0 Å². The van der Waals surface area contributed by atoms with E-state index in [1.165, 1.54) is 17.5 Å². The predicted octanol–water partition coefficient (Wildman–Crippen LogP) is 3.49. The van der Waals surface area contributed by atoms with Crippen molar-refractivity contribution in [2.24, 2.45) is 0 Å². The second-order valence-electron chi connectivity index (χ2n) is 6.74. The van der Waals surface area contributed by atoms with Crippen molar-refractivity contribution in [2.45, 2.75) is 25.8 Å². The van der Waals surface area contributed by atoms with Gasteiger partial charge < -0.3 is 10.2 Å². The highest BCUT2D eigenvalue weighted by Gasteiger charge is 2.22. The van der Waals surface area contributed by atoms with Crippen LogP contribution in [0.5, 0.6) is 0 Å². The molecule has 1 aliphatic rings. The fourth-order valence-electron chi connectivity index (χ4n) is 3.20. The zero-order valence-electron chi connectivity index (χ0n) is 15.8. The molecule has 2 N–H and O–H groups in total. The number of amides is 2. The van der Waals surface area contributed by atoms with Crippen molar-refractivity contribution in [1.82, 2.24) is 15.2 Å². The van der Waals surface area contributed by atoms with Gasteiger partial charge in [-0.2, -0.15) is 0 Å². The van der Waals surface area contributed by atoms with Crippen LogP contribution in [0.3, 0.4) is 0 Å². The van der Waals surface area contributed by atoms with Gasteiger partial charge in [0.25, 0.3) is 5.91 Å². The van der Waals surface area contributed by atoms with E-state index in [1.54, 1.807) is 17.6 Å². The van der Waals surface area contributed by atoms with E-state index in [1.807, 2.05) is 36.1 Å². The fourth-order valence-corrected chi connectivity index (χ4v) is 3.64. The van der Waals surface area contributed by atoms with Crippen molar-refractivity contribution in [3.8, 4) is 0 Å². The molecule has 1 aromatic carbocycles. The van der Waals surface area contributed by atoms with Gasteiger partial charge >= 0.3 is 0 Å². The number of rotatable bonds is 6. The van der Waals surface area contributed by atoms with Crippen LogP contribution in [0.1, 0.15) is 41.7 Å². The van der Waals surface area contributed by atoms with E-state index in [9.17, 15) is 9.59 Å². The van der Waals surface area contributed by atoms with Crippen molar-refractivity contribution < 1.29 is 9.59 Å². The molecule has 29 heavy (non-hydrogen) atoms. The van der Waals surface area contributed by atoms with E-state index in [4.69, 9.17) is 0 Å². The summed E-state index contributed by atoms with van der Waals surface area (Å²) in [4.78, 5) is 30.4. The third-order valence-electron chi connectivity index (χ3n) is 4.73. The Hall–Kier alpha value is -3.33. The summed E-state index contributed by atoms with van der Waals surface area (Å²) in [6.07, 6.45) is 3.03. The Balaban J connectivity index is 1.41. The molecule has 148 valence electrons. The summed E-state index contributed by atoms with van der Waals surface area (Å²) >= 11 is 1.25. The van der Waals surface area contributed by atoms with Gasteiger partial charge in [-0.1, -0.05) is 23.5 Å². The Morgan fingerprint density at radius 1 is 1.28 bits per heavy atom. The molecule has 9 heteroatoms. The molecular formula is C20H20N6O2S. The molecule has 0 saturated carbocycles. The maximum atomic E-state index is 12.2. The molecule has 1 atom stereocenters. The normalized spacial score (nSPS) is 14.7. The lowest BCUT2D eigenvalue weighted by molar-refractivity contribution is -0.117. The lowest BCUT2D eigenvalue weighted by atomic mass is 10.1. The Kier molecular flexibility index (Phi) is 5.48. The maximum absolute atomic E-state index is 12.2. The third-order valence-corrected chi connectivity index (χ3v) is 5.33. The first kappa shape index (κ1) is 19.0. The summed E-state index contributed by atoms with van der Waals surface area (Å²) in [7, 11) is 0. The molecule has 3 heterocycles. The van der Waals surface area contributed by atoms with Crippen molar-refractivity contribution in [3.05, 3.63) is 59.2 Å². The minimum Gasteiger partial charge on any atom is -0.364 e. The van der Waals surface area contributed by atoms with E-state index in [-0.39, 0.29) is 17.9 Å². The zero-order valence-corrected chi connectivity index (χ0v) is 16.6. The van der Waals surface area contributed by atoms with Gasteiger partial charge in [0.15, 0.2) is 0 Å². The van der Waals surface area contributed by atoms with Crippen LogP contribution in [0.15, 0.2) is 48.1 Å². The zero-order chi connectivity index (χ0) is 20.2. The van der Waals surface area contributed by atoms with Crippen LogP contribution in [-0.2, 0) is 4.79 Å². The summed E-state index contributed by atoms with van der Waals surface area (Å²) in [5, 5.41) is 13.9. The molecule has 3 aromatic rings. The van der Waals surface area contributed by atoms with Crippen LogP contribution in [0.25, 0.3) is 0 Å². The van der Waals surface area contributed by atoms with Crippen LogP contribution >= 0.6 is 11.3 Å². The highest BCUT2D eigenvalue weighted by molar-refractivity contribution is 7.13. The summed E-state index contributed by atoms with van der Waals surface area (Å²) in [5.41, 5.74) is 3.97. The van der Waals surface area contributed by atoms with E-state index in [0.29, 0.717) is 22.9 Å². The van der Waals surface area contributed by atoms with Gasteiger partial charge in [-0.3, -0.25) is 14.9 Å². The maximum Gasteiger partial charge on any atom is 0.259 e. The predicted molar refractivity (Wildman–Crippen MR) is 112 cm³/mol. The number of carbonyl (C=O) groups is 2. The molecule has 1 fully saturated rings. The van der Waals surface area contributed by atoms with Crippen molar-refractivity contribution >= 4 is 39.8 Å². The largest absolute Gasteiger partial charge is 0.364 e. The second-order valence-corrected chi connectivity index (χ2v) is 7.57. The van der Waals surface area contributed by atoms with E-state index < -0.39 is 0 Å². The van der Waals surface area contributed by atoms with Gasteiger partial charge in [-0.25, -0.2) is 4.98 Å². The summed E-state index contributed by atoms with van der Waals surface area (Å²) < 4.78 is 0. The molecule has 4 rings (SSSR count). The van der Waals surface area contributed by atoms with E-state index in [0.717, 1.165) is 24.2 Å². The monoisotopic (exact) mass is 408 g/mol. The molecule has 1 aliphatic heterocycles. The standard InChI is InChI=1S/C20H20N6O2S/c1-13(14-4-2-5-16(10-14)26-9-3-6-18(26)27)23-17-8-7-15(11-21-17)19(28)24-20-25-22-12-29-20/h2,4-5,7-8,10-13H,3,6,9H2,1H3,(H,21,23)(H,24,25,28). The molecule has 2 aromatic heterocycles. The molecule has 8 nitrogen and oxygen atoms in total. The fraction of sp³-hybridized carbons (Fsp3) is 0.250. The minimum absolute atomic E-state index is 0.0128. The molecule has 0 bridgehead atoms. The van der Waals surface area contributed by atoms with Gasteiger partial charge in [-0.15, -0.1) is 10.2 Å². The first-order valence-corrected chi connectivity index (χ1v) is 10.2. The van der Waals surface area contributed by atoms with Crippen LogP contribution < -0.4 is 15.5 Å². The van der Waals surface area contributed by atoms with Gasteiger partial charge in [0.1, 0.15) is 11.3 Å². The Morgan fingerprint density at radius 3 is 2.86 bits per heavy atom. The number of pyridine rings is 1. The highest BCUT2D eigenvalue weighted by atomic mass is 32.1. The average molecular weight is 408 g/mol. The van der Waals surface area contributed by atoms with Gasteiger partial charge in [0.2, 0.25) is 11.0 Å². The Morgan fingerprint density at radius 2 is 2.17 bits per heavy atom. The molecule has 0 spiro atoms. The summed E-state index contributed by atoms with van der Waals surface area (Å²) in [5.74, 6) is 0.552. The quantitative estimate of drug-likeness (QED) is 0.648. The topological polar surface area (TPSA) is 100 Å². The van der Waals surface area contributed by atoms with Crippen LogP contribution in [0.4, 0.5) is 16.6 Å². The number of hydrogen-bond acceptors (Lipinski definition) is 7. The van der Waals surface area contributed by atoms with Gasteiger partial charge in [0.05, 0.1) is 11.6 Å². The van der Waals surface area contributed by atoms with Gasteiger partial charge in [-0.05, 0) is 43.2 Å². The number of nitrogens with one attached hydrogen (secondary N) is 2. The highest BCUT2D eigenvalue weighted by Crippen LogP contribution is 2.26.